The first-order chi connectivity index (χ1) is 8.33. The highest BCUT2D eigenvalue weighted by molar-refractivity contribution is 5.75. The number of nitrogens with one attached hydrogen (secondary N) is 1. The summed E-state index contributed by atoms with van der Waals surface area (Å²) in [5, 5.41) is 0. The summed E-state index contributed by atoms with van der Waals surface area (Å²) < 4.78 is 13.4. The maximum Gasteiger partial charge on any atom is 0.151 e. The molecule has 3 rings (SSSR count). The van der Waals surface area contributed by atoms with E-state index in [9.17, 15) is 4.39 Å². The van der Waals surface area contributed by atoms with E-state index < -0.39 is 0 Å². The third kappa shape index (κ3) is 2.17. The molecule has 0 unspecified atom stereocenters. The van der Waals surface area contributed by atoms with Gasteiger partial charge in [0.1, 0.15) is 11.3 Å². The topological polar surface area (TPSA) is 31.9 Å². The zero-order valence-electron chi connectivity index (χ0n) is 9.75. The van der Waals surface area contributed by atoms with Crippen LogP contribution < -0.4 is 0 Å². The molecule has 0 spiro atoms. The van der Waals surface area contributed by atoms with Crippen molar-refractivity contribution in [3.8, 4) is 0 Å². The third-order valence-corrected chi connectivity index (χ3v) is 3.38. The Balaban J connectivity index is 1.74. The predicted molar refractivity (Wildman–Crippen MR) is 65.4 cm³/mol. The standard InChI is InChI=1S/C13H16FN3/c14-10-4-3-5-11-13(10)16-12(15-11)6-9-17-7-1-2-8-17/h3-5H,1-2,6-9H2,(H,15,16). The van der Waals surface area contributed by atoms with Gasteiger partial charge >= 0.3 is 0 Å². The molecular weight excluding hydrogens is 217 g/mol. The molecular formula is C13H16FN3. The van der Waals surface area contributed by atoms with Crippen LogP contribution in [0.2, 0.25) is 0 Å². The van der Waals surface area contributed by atoms with Crippen molar-refractivity contribution in [3.63, 3.8) is 0 Å². The summed E-state index contributed by atoms with van der Waals surface area (Å²) in [6.45, 7) is 3.39. The van der Waals surface area contributed by atoms with E-state index in [-0.39, 0.29) is 5.82 Å². The van der Waals surface area contributed by atoms with Crippen LogP contribution in [0, 0.1) is 5.82 Å². The summed E-state index contributed by atoms with van der Waals surface area (Å²) in [5.74, 6) is 0.642. The minimum Gasteiger partial charge on any atom is -0.342 e. The molecule has 1 saturated heterocycles. The Morgan fingerprint density at radius 2 is 2.12 bits per heavy atom. The summed E-state index contributed by atoms with van der Waals surface area (Å²) in [5.41, 5.74) is 1.25. The van der Waals surface area contributed by atoms with Gasteiger partial charge in [0, 0.05) is 13.0 Å². The molecule has 2 heterocycles. The smallest absolute Gasteiger partial charge is 0.151 e. The number of benzene rings is 1. The monoisotopic (exact) mass is 233 g/mol. The van der Waals surface area contributed by atoms with Crippen molar-refractivity contribution in [1.29, 1.82) is 0 Å². The van der Waals surface area contributed by atoms with Gasteiger partial charge in [0.2, 0.25) is 0 Å². The summed E-state index contributed by atoms with van der Waals surface area (Å²) in [4.78, 5) is 9.93. The Morgan fingerprint density at radius 1 is 1.29 bits per heavy atom. The van der Waals surface area contributed by atoms with Gasteiger partial charge < -0.3 is 9.88 Å². The first-order valence-electron chi connectivity index (χ1n) is 6.18. The molecule has 1 N–H and O–H groups in total. The Hall–Kier alpha value is -1.42. The van der Waals surface area contributed by atoms with Gasteiger partial charge in [-0.25, -0.2) is 9.37 Å². The molecule has 3 nitrogen and oxygen atoms in total. The molecule has 4 heteroatoms. The average molecular weight is 233 g/mol. The molecule has 1 fully saturated rings. The second-order valence-electron chi connectivity index (χ2n) is 4.62. The third-order valence-electron chi connectivity index (χ3n) is 3.38. The van der Waals surface area contributed by atoms with E-state index >= 15 is 0 Å². The Bertz CT molecular complexity index is 514. The van der Waals surface area contributed by atoms with Crippen LogP contribution in [0.5, 0.6) is 0 Å². The van der Waals surface area contributed by atoms with Crippen LogP contribution in [0.1, 0.15) is 18.7 Å². The molecule has 1 aromatic heterocycles. The molecule has 1 aromatic carbocycles. The predicted octanol–water partition coefficient (Wildman–Crippen LogP) is 2.34. The van der Waals surface area contributed by atoms with Gasteiger partial charge in [-0.15, -0.1) is 0 Å². The van der Waals surface area contributed by atoms with E-state index in [0.29, 0.717) is 5.52 Å². The summed E-state index contributed by atoms with van der Waals surface area (Å²) in [6, 6.07) is 5.03. The molecule has 1 aliphatic rings. The van der Waals surface area contributed by atoms with Gasteiger partial charge in [-0.3, -0.25) is 0 Å². The number of aromatic amines is 1. The fourth-order valence-corrected chi connectivity index (χ4v) is 2.44. The van der Waals surface area contributed by atoms with Crippen LogP contribution >= 0.6 is 0 Å². The van der Waals surface area contributed by atoms with Crippen LogP contribution in [0.25, 0.3) is 11.0 Å². The van der Waals surface area contributed by atoms with Crippen molar-refractivity contribution >= 4 is 11.0 Å². The second-order valence-corrected chi connectivity index (χ2v) is 4.62. The maximum absolute atomic E-state index is 13.4. The maximum atomic E-state index is 13.4. The minimum atomic E-state index is -0.244. The number of nitrogens with zero attached hydrogens (tertiary/aromatic N) is 2. The lowest BCUT2D eigenvalue weighted by Gasteiger charge is -2.12. The molecule has 0 aliphatic carbocycles. The highest BCUT2D eigenvalue weighted by Gasteiger charge is 2.12. The zero-order chi connectivity index (χ0) is 11.7. The van der Waals surface area contributed by atoms with Gasteiger partial charge in [-0.1, -0.05) is 6.07 Å². The molecule has 0 saturated carbocycles. The number of fused-ring (bicyclic) bond motifs is 1. The number of H-pyrrole nitrogens is 1. The fraction of sp³-hybridized carbons (Fsp3) is 0.462. The Kier molecular flexibility index (Phi) is 2.81. The van der Waals surface area contributed by atoms with E-state index in [1.807, 2.05) is 6.07 Å². The van der Waals surface area contributed by atoms with Gasteiger partial charge in [-0.05, 0) is 38.1 Å². The van der Waals surface area contributed by atoms with E-state index in [1.165, 1.54) is 32.0 Å². The quantitative estimate of drug-likeness (QED) is 0.882. The van der Waals surface area contributed by atoms with E-state index in [2.05, 4.69) is 14.9 Å². The molecule has 2 aromatic rings. The summed E-state index contributed by atoms with van der Waals surface area (Å²) in [6.07, 6.45) is 3.47. The molecule has 0 radical (unpaired) electrons. The summed E-state index contributed by atoms with van der Waals surface area (Å²) in [7, 11) is 0. The first-order valence-corrected chi connectivity index (χ1v) is 6.18. The number of likely N-dealkylation sites (tertiary alicyclic amines) is 1. The van der Waals surface area contributed by atoms with E-state index in [1.54, 1.807) is 6.07 Å². The van der Waals surface area contributed by atoms with Gasteiger partial charge in [0.05, 0.1) is 5.52 Å². The number of hydrogen-bond donors (Lipinski definition) is 1. The largest absolute Gasteiger partial charge is 0.342 e. The number of halogens is 1. The van der Waals surface area contributed by atoms with Crippen LogP contribution in [0.3, 0.4) is 0 Å². The van der Waals surface area contributed by atoms with Crippen molar-refractivity contribution < 1.29 is 4.39 Å². The first kappa shape index (κ1) is 10.7. The number of hydrogen-bond acceptors (Lipinski definition) is 2. The number of aromatic nitrogens is 2. The van der Waals surface area contributed by atoms with Crippen molar-refractivity contribution in [3.05, 3.63) is 29.8 Å². The van der Waals surface area contributed by atoms with Crippen LogP contribution in [0.15, 0.2) is 18.2 Å². The number of para-hydroxylation sites is 1. The fourth-order valence-electron chi connectivity index (χ4n) is 2.44. The van der Waals surface area contributed by atoms with Crippen LogP contribution in [-0.4, -0.2) is 34.5 Å². The van der Waals surface area contributed by atoms with Crippen molar-refractivity contribution in [2.75, 3.05) is 19.6 Å². The highest BCUT2D eigenvalue weighted by atomic mass is 19.1. The Labute approximate surface area is 99.7 Å². The van der Waals surface area contributed by atoms with Crippen LogP contribution in [-0.2, 0) is 6.42 Å². The van der Waals surface area contributed by atoms with E-state index in [4.69, 9.17) is 0 Å². The lowest BCUT2D eigenvalue weighted by Crippen LogP contribution is -2.22. The normalized spacial score (nSPS) is 17.0. The minimum absolute atomic E-state index is 0.244. The highest BCUT2D eigenvalue weighted by Crippen LogP contribution is 2.15. The number of imidazole rings is 1. The Morgan fingerprint density at radius 3 is 2.88 bits per heavy atom. The lowest BCUT2D eigenvalue weighted by molar-refractivity contribution is 0.341. The van der Waals surface area contributed by atoms with Gasteiger partial charge in [0.15, 0.2) is 5.82 Å². The van der Waals surface area contributed by atoms with E-state index in [0.717, 1.165) is 24.3 Å². The SMILES string of the molecule is Fc1cccc2[nH]c(CCN3CCCC3)nc12. The number of rotatable bonds is 3. The second kappa shape index (κ2) is 4.45. The van der Waals surface area contributed by atoms with Crippen molar-refractivity contribution in [1.82, 2.24) is 14.9 Å². The molecule has 0 amide bonds. The molecule has 0 atom stereocenters. The van der Waals surface area contributed by atoms with Gasteiger partial charge in [-0.2, -0.15) is 0 Å². The molecule has 1 aliphatic heterocycles. The summed E-state index contributed by atoms with van der Waals surface area (Å²) >= 11 is 0. The van der Waals surface area contributed by atoms with Crippen LogP contribution in [0.4, 0.5) is 4.39 Å². The molecule has 17 heavy (non-hydrogen) atoms. The van der Waals surface area contributed by atoms with Crippen molar-refractivity contribution in [2.24, 2.45) is 0 Å². The molecule has 0 bridgehead atoms. The van der Waals surface area contributed by atoms with Gasteiger partial charge in [0.25, 0.3) is 0 Å². The lowest BCUT2D eigenvalue weighted by atomic mass is 10.3. The zero-order valence-corrected chi connectivity index (χ0v) is 9.75. The van der Waals surface area contributed by atoms with Crippen molar-refractivity contribution in [2.45, 2.75) is 19.3 Å². The molecule has 90 valence electrons. The average Bonchev–Trinajstić information content (AvgIpc) is 2.95.